The molecule has 1 aromatic rings. The van der Waals surface area contributed by atoms with Crippen molar-refractivity contribution in [1.29, 1.82) is 0 Å². The molecule has 1 atom stereocenters. The number of rotatable bonds is 6. The van der Waals surface area contributed by atoms with Crippen molar-refractivity contribution in [3.63, 3.8) is 0 Å². The van der Waals surface area contributed by atoms with Crippen LogP contribution in [0.3, 0.4) is 0 Å². The van der Waals surface area contributed by atoms with Gasteiger partial charge in [0.1, 0.15) is 0 Å². The zero-order valence-corrected chi connectivity index (χ0v) is 12.6. The Hall–Kier alpha value is -1.88. The molecule has 0 heterocycles. The molecule has 2 amide bonds. The number of benzene rings is 1. The van der Waals surface area contributed by atoms with Crippen LogP contribution in [0, 0.1) is 5.92 Å². The number of hydrogen-bond donors (Lipinski definition) is 3. The summed E-state index contributed by atoms with van der Waals surface area (Å²) in [7, 11) is 0. The van der Waals surface area contributed by atoms with E-state index in [0.29, 0.717) is 17.8 Å². The van der Waals surface area contributed by atoms with Crippen LogP contribution in [0.1, 0.15) is 39.5 Å². The number of nitrogens with two attached hydrogens (primary N) is 1. The van der Waals surface area contributed by atoms with Crippen LogP contribution in [-0.2, 0) is 9.59 Å². The molecule has 0 spiro atoms. The SMILES string of the molecule is CCCC(C)(N)C(=O)Nc1cccc(NC(=O)C2CC2)c1. The van der Waals surface area contributed by atoms with Crippen molar-refractivity contribution in [2.45, 2.75) is 45.1 Å². The lowest BCUT2D eigenvalue weighted by Crippen LogP contribution is -2.48. The van der Waals surface area contributed by atoms with Gasteiger partial charge in [0, 0.05) is 17.3 Å². The Balaban J connectivity index is 2.00. The van der Waals surface area contributed by atoms with Crippen LogP contribution in [0.4, 0.5) is 11.4 Å². The van der Waals surface area contributed by atoms with E-state index in [2.05, 4.69) is 10.6 Å². The Kier molecular flexibility index (Phi) is 4.63. The number of hydrogen-bond acceptors (Lipinski definition) is 3. The van der Waals surface area contributed by atoms with Gasteiger partial charge in [-0.2, -0.15) is 0 Å². The van der Waals surface area contributed by atoms with Crippen molar-refractivity contribution in [2.75, 3.05) is 10.6 Å². The van der Waals surface area contributed by atoms with Gasteiger partial charge in [0.15, 0.2) is 0 Å². The van der Waals surface area contributed by atoms with E-state index in [4.69, 9.17) is 5.73 Å². The van der Waals surface area contributed by atoms with E-state index < -0.39 is 5.54 Å². The minimum absolute atomic E-state index is 0.0492. The predicted molar refractivity (Wildman–Crippen MR) is 83.9 cm³/mol. The van der Waals surface area contributed by atoms with E-state index in [-0.39, 0.29) is 17.7 Å². The highest BCUT2D eigenvalue weighted by atomic mass is 16.2. The van der Waals surface area contributed by atoms with Crippen molar-refractivity contribution < 1.29 is 9.59 Å². The van der Waals surface area contributed by atoms with Crippen LogP contribution in [0.2, 0.25) is 0 Å². The molecule has 0 bridgehead atoms. The van der Waals surface area contributed by atoms with Gasteiger partial charge in [-0.1, -0.05) is 19.4 Å². The largest absolute Gasteiger partial charge is 0.326 e. The lowest BCUT2D eigenvalue weighted by atomic mass is 9.96. The van der Waals surface area contributed by atoms with Crippen molar-refractivity contribution in [2.24, 2.45) is 11.7 Å². The summed E-state index contributed by atoms with van der Waals surface area (Å²) < 4.78 is 0. The van der Waals surface area contributed by atoms with Gasteiger partial charge in [-0.15, -0.1) is 0 Å². The number of amides is 2. The minimum atomic E-state index is -0.887. The van der Waals surface area contributed by atoms with Crippen LogP contribution in [0.15, 0.2) is 24.3 Å². The second-order valence-electron chi connectivity index (χ2n) is 5.97. The van der Waals surface area contributed by atoms with Crippen LogP contribution < -0.4 is 16.4 Å². The lowest BCUT2D eigenvalue weighted by molar-refractivity contribution is -0.121. The summed E-state index contributed by atoms with van der Waals surface area (Å²) in [5, 5.41) is 5.67. The van der Waals surface area contributed by atoms with Gasteiger partial charge in [0.2, 0.25) is 11.8 Å². The molecule has 1 unspecified atom stereocenters. The molecule has 1 aromatic carbocycles. The van der Waals surface area contributed by atoms with E-state index in [0.717, 1.165) is 19.3 Å². The summed E-state index contributed by atoms with van der Waals surface area (Å²) >= 11 is 0. The monoisotopic (exact) mass is 289 g/mol. The van der Waals surface area contributed by atoms with Gasteiger partial charge in [-0.05, 0) is 44.4 Å². The molecule has 21 heavy (non-hydrogen) atoms. The molecule has 0 aromatic heterocycles. The molecule has 0 aliphatic heterocycles. The summed E-state index contributed by atoms with van der Waals surface area (Å²) in [6.07, 6.45) is 3.39. The van der Waals surface area contributed by atoms with Crippen LogP contribution in [-0.4, -0.2) is 17.4 Å². The molecule has 0 saturated heterocycles. The van der Waals surface area contributed by atoms with E-state index in [1.165, 1.54) is 0 Å². The first-order valence-electron chi connectivity index (χ1n) is 7.43. The standard InChI is InChI=1S/C16H23N3O2/c1-3-9-16(2,17)15(21)19-13-6-4-5-12(10-13)18-14(20)11-7-8-11/h4-6,10-11H,3,7-9,17H2,1-2H3,(H,18,20)(H,19,21). The van der Waals surface area contributed by atoms with Gasteiger partial charge >= 0.3 is 0 Å². The highest BCUT2D eigenvalue weighted by molar-refractivity contribution is 5.99. The van der Waals surface area contributed by atoms with Crippen molar-refractivity contribution in [1.82, 2.24) is 0 Å². The maximum absolute atomic E-state index is 12.2. The highest BCUT2D eigenvalue weighted by Crippen LogP contribution is 2.30. The topological polar surface area (TPSA) is 84.2 Å². The maximum Gasteiger partial charge on any atom is 0.244 e. The molecular weight excluding hydrogens is 266 g/mol. The fourth-order valence-electron chi connectivity index (χ4n) is 2.17. The Morgan fingerprint density at radius 1 is 1.29 bits per heavy atom. The molecule has 0 radical (unpaired) electrons. The van der Waals surface area contributed by atoms with Crippen LogP contribution >= 0.6 is 0 Å². The summed E-state index contributed by atoms with van der Waals surface area (Å²) in [5.41, 5.74) is 6.45. The molecule has 1 saturated carbocycles. The molecule has 5 nitrogen and oxygen atoms in total. The predicted octanol–water partition coefficient (Wildman–Crippen LogP) is 2.49. The molecule has 4 N–H and O–H groups in total. The fraction of sp³-hybridized carbons (Fsp3) is 0.500. The first-order chi connectivity index (χ1) is 9.92. The lowest BCUT2D eigenvalue weighted by Gasteiger charge is -2.23. The molecule has 1 aliphatic carbocycles. The third kappa shape index (κ3) is 4.29. The zero-order valence-electron chi connectivity index (χ0n) is 12.6. The first-order valence-corrected chi connectivity index (χ1v) is 7.43. The third-order valence-corrected chi connectivity index (χ3v) is 3.62. The van der Waals surface area contributed by atoms with Crippen molar-refractivity contribution in [3.05, 3.63) is 24.3 Å². The summed E-state index contributed by atoms with van der Waals surface area (Å²) in [4.78, 5) is 23.9. The fourth-order valence-corrected chi connectivity index (χ4v) is 2.17. The van der Waals surface area contributed by atoms with Gasteiger partial charge in [0.05, 0.1) is 5.54 Å². The average molecular weight is 289 g/mol. The summed E-state index contributed by atoms with van der Waals surface area (Å²) in [6, 6.07) is 7.14. The molecular formula is C16H23N3O2. The van der Waals surface area contributed by atoms with E-state index >= 15 is 0 Å². The minimum Gasteiger partial charge on any atom is -0.326 e. The average Bonchev–Trinajstić information content (AvgIpc) is 3.23. The first kappa shape index (κ1) is 15.5. The van der Waals surface area contributed by atoms with Crippen LogP contribution in [0.5, 0.6) is 0 Å². The normalized spacial score (nSPS) is 16.9. The van der Waals surface area contributed by atoms with E-state index in [1.807, 2.05) is 13.0 Å². The third-order valence-electron chi connectivity index (χ3n) is 3.62. The maximum atomic E-state index is 12.2. The van der Waals surface area contributed by atoms with Gasteiger partial charge in [0.25, 0.3) is 0 Å². The summed E-state index contributed by atoms with van der Waals surface area (Å²) in [6.45, 7) is 3.72. The highest BCUT2D eigenvalue weighted by Gasteiger charge is 2.30. The van der Waals surface area contributed by atoms with Crippen molar-refractivity contribution >= 4 is 23.2 Å². The van der Waals surface area contributed by atoms with E-state index in [1.54, 1.807) is 25.1 Å². The second kappa shape index (κ2) is 6.26. The number of carbonyl (C=O) groups is 2. The zero-order chi connectivity index (χ0) is 15.5. The van der Waals surface area contributed by atoms with Gasteiger partial charge in [-0.3, -0.25) is 9.59 Å². The van der Waals surface area contributed by atoms with E-state index in [9.17, 15) is 9.59 Å². The Bertz CT molecular complexity index is 536. The second-order valence-corrected chi connectivity index (χ2v) is 5.97. The Labute approximate surface area is 125 Å². The smallest absolute Gasteiger partial charge is 0.244 e. The molecule has 114 valence electrons. The molecule has 5 heteroatoms. The summed E-state index contributed by atoms with van der Waals surface area (Å²) in [5.74, 6) is -0.0109. The van der Waals surface area contributed by atoms with Crippen molar-refractivity contribution in [3.8, 4) is 0 Å². The van der Waals surface area contributed by atoms with Gasteiger partial charge in [-0.25, -0.2) is 0 Å². The molecule has 2 rings (SSSR count). The number of nitrogens with one attached hydrogen (secondary N) is 2. The Morgan fingerprint density at radius 2 is 1.90 bits per heavy atom. The van der Waals surface area contributed by atoms with Crippen LogP contribution in [0.25, 0.3) is 0 Å². The van der Waals surface area contributed by atoms with Gasteiger partial charge < -0.3 is 16.4 Å². The molecule has 1 aliphatic rings. The number of anilines is 2. The quantitative estimate of drug-likeness (QED) is 0.752. The molecule has 1 fully saturated rings. The number of carbonyl (C=O) groups excluding carboxylic acids is 2. The Morgan fingerprint density at radius 3 is 2.48 bits per heavy atom.